The van der Waals surface area contributed by atoms with Crippen molar-refractivity contribution in [3.05, 3.63) is 32.4 Å². The highest BCUT2D eigenvalue weighted by atomic mass is 127. The molecule has 4 heteroatoms. The lowest BCUT2D eigenvalue weighted by atomic mass is 9.97. The lowest BCUT2D eigenvalue weighted by Crippen LogP contribution is -2.37. The smallest absolute Gasteiger partial charge is 0.251 e. The normalized spacial score (nSPS) is 27.2. The summed E-state index contributed by atoms with van der Waals surface area (Å²) in [6.07, 6.45) is 2.27. The SMILES string of the molecule is CC1CCC(NC(=O)c2ccc(I)c(Cl)c2)C1C. The van der Waals surface area contributed by atoms with Gasteiger partial charge in [-0.05, 0) is 65.5 Å². The average molecular weight is 378 g/mol. The van der Waals surface area contributed by atoms with Gasteiger partial charge in [-0.15, -0.1) is 0 Å². The Morgan fingerprint density at radius 1 is 1.39 bits per heavy atom. The lowest BCUT2D eigenvalue weighted by Gasteiger charge is -2.19. The standard InChI is InChI=1S/C14H17ClINO/c1-8-3-6-13(9(8)2)17-14(18)10-4-5-12(16)11(15)7-10/h4-5,7-9,13H,3,6H2,1-2H3,(H,17,18). The number of carbonyl (C=O) groups excluding carboxylic acids is 1. The number of amides is 1. The first kappa shape index (κ1) is 14.1. The Hall–Kier alpha value is -0.290. The Morgan fingerprint density at radius 2 is 2.11 bits per heavy atom. The molecule has 1 aliphatic rings. The third-order valence-electron chi connectivity index (χ3n) is 3.96. The van der Waals surface area contributed by atoms with Gasteiger partial charge in [0.2, 0.25) is 0 Å². The minimum Gasteiger partial charge on any atom is -0.349 e. The molecule has 18 heavy (non-hydrogen) atoms. The van der Waals surface area contributed by atoms with Gasteiger partial charge in [0.1, 0.15) is 0 Å². The fourth-order valence-electron chi connectivity index (χ4n) is 2.46. The van der Waals surface area contributed by atoms with E-state index in [4.69, 9.17) is 11.6 Å². The van der Waals surface area contributed by atoms with Crippen LogP contribution in [0, 0.1) is 15.4 Å². The van der Waals surface area contributed by atoms with Crippen LogP contribution in [-0.2, 0) is 0 Å². The predicted octanol–water partition coefficient (Wildman–Crippen LogP) is 4.11. The first-order chi connectivity index (χ1) is 8.49. The molecule has 1 aliphatic carbocycles. The summed E-state index contributed by atoms with van der Waals surface area (Å²) < 4.78 is 0.966. The molecule has 0 aromatic heterocycles. The minimum absolute atomic E-state index is 0.0146. The summed E-state index contributed by atoms with van der Waals surface area (Å²) in [6, 6.07) is 5.73. The second kappa shape index (κ2) is 5.78. The van der Waals surface area contributed by atoms with Crippen molar-refractivity contribution < 1.29 is 4.79 Å². The van der Waals surface area contributed by atoms with E-state index in [9.17, 15) is 4.79 Å². The van der Waals surface area contributed by atoms with Crippen molar-refractivity contribution in [1.29, 1.82) is 0 Å². The van der Waals surface area contributed by atoms with Crippen LogP contribution in [0.25, 0.3) is 0 Å². The molecule has 1 saturated carbocycles. The van der Waals surface area contributed by atoms with E-state index in [2.05, 4.69) is 41.8 Å². The molecule has 0 bridgehead atoms. The number of halogens is 2. The molecule has 0 aliphatic heterocycles. The van der Waals surface area contributed by atoms with Gasteiger partial charge in [-0.25, -0.2) is 0 Å². The first-order valence-electron chi connectivity index (χ1n) is 6.25. The summed E-state index contributed by atoms with van der Waals surface area (Å²) in [5.41, 5.74) is 0.646. The van der Waals surface area contributed by atoms with Crippen molar-refractivity contribution in [2.24, 2.45) is 11.8 Å². The predicted molar refractivity (Wildman–Crippen MR) is 83.0 cm³/mol. The maximum Gasteiger partial charge on any atom is 0.251 e. The Morgan fingerprint density at radius 3 is 2.67 bits per heavy atom. The van der Waals surface area contributed by atoms with E-state index in [-0.39, 0.29) is 5.91 Å². The van der Waals surface area contributed by atoms with Crippen LogP contribution in [0.1, 0.15) is 37.0 Å². The topological polar surface area (TPSA) is 29.1 Å². The molecule has 1 amide bonds. The molecule has 3 unspecified atom stereocenters. The Kier molecular flexibility index (Phi) is 4.54. The van der Waals surface area contributed by atoms with Crippen molar-refractivity contribution in [2.45, 2.75) is 32.7 Å². The van der Waals surface area contributed by atoms with Crippen LogP contribution >= 0.6 is 34.2 Å². The molecular formula is C14H17ClINO. The third kappa shape index (κ3) is 2.99. The zero-order valence-corrected chi connectivity index (χ0v) is 13.5. The highest BCUT2D eigenvalue weighted by molar-refractivity contribution is 14.1. The van der Waals surface area contributed by atoms with Crippen LogP contribution in [0.2, 0.25) is 5.02 Å². The number of carbonyl (C=O) groups is 1. The summed E-state index contributed by atoms with van der Waals surface area (Å²) >= 11 is 8.20. The summed E-state index contributed by atoms with van der Waals surface area (Å²) in [5.74, 6) is 1.23. The van der Waals surface area contributed by atoms with Gasteiger partial charge < -0.3 is 5.32 Å². The van der Waals surface area contributed by atoms with Crippen molar-refractivity contribution in [1.82, 2.24) is 5.32 Å². The minimum atomic E-state index is -0.0146. The molecular weight excluding hydrogens is 361 g/mol. The lowest BCUT2D eigenvalue weighted by molar-refractivity contribution is 0.0927. The van der Waals surface area contributed by atoms with Crippen LogP contribution in [-0.4, -0.2) is 11.9 Å². The highest BCUT2D eigenvalue weighted by Crippen LogP contribution is 2.31. The maximum atomic E-state index is 12.1. The largest absolute Gasteiger partial charge is 0.349 e. The van der Waals surface area contributed by atoms with E-state index in [1.165, 1.54) is 6.42 Å². The Labute approximate surface area is 127 Å². The van der Waals surface area contributed by atoms with Gasteiger partial charge in [0.25, 0.3) is 5.91 Å². The second-order valence-corrected chi connectivity index (χ2v) is 6.69. The van der Waals surface area contributed by atoms with E-state index in [1.807, 2.05) is 12.1 Å². The van der Waals surface area contributed by atoms with E-state index in [1.54, 1.807) is 6.07 Å². The number of rotatable bonds is 2. The summed E-state index contributed by atoms with van der Waals surface area (Å²) in [5, 5.41) is 3.76. The van der Waals surface area contributed by atoms with E-state index in [0.717, 1.165) is 9.99 Å². The van der Waals surface area contributed by atoms with Crippen LogP contribution in [0.5, 0.6) is 0 Å². The van der Waals surface area contributed by atoms with Gasteiger partial charge in [-0.2, -0.15) is 0 Å². The molecule has 1 fully saturated rings. The summed E-state index contributed by atoms with van der Waals surface area (Å²) in [4.78, 5) is 12.1. The van der Waals surface area contributed by atoms with Crippen LogP contribution in [0.15, 0.2) is 18.2 Å². The molecule has 2 nitrogen and oxygen atoms in total. The highest BCUT2D eigenvalue weighted by Gasteiger charge is 2.30. The zero-order chi connectivity index (χ0) is 13.3. The molecule has 98 valence electrons. The molecule has 2 rings (SSSR count). The molecule has 1 aromatic rings. The molecule has 3 atom stereocenters. The van der Waals surface area contributed by atoms with Gasteiger partial charge in [0, 0.05) is 15.2 Å². The van der Waals surface area contributed by atoms with Crippen molar-refractivity contribution in [2.75, 3.05) is 0 Å². The fraction of sp³-hybridized carbons (Fsp3) is 0.500. The van der Waals surface area contributed by atoms with Crippen LogP contribution in [0.3, 0.4) is 0 Å². The number of benzene rings is 1. The molecule has 1 aromatic carbocycles. The number of hydrogen-bond donors (Lipinski definition) is 1. The first-order valence-corrected chi connectivity index (χ1v) is 7.70. The molecule has 1 N–H and O–H groups in total. The van der Waals surface area contributed by atoms with Gasteiger partial charge in [-0.3, -0.25) is 4.79 Å². The van der Waals surface area contributed by atoms with Crippen molar-refractivity contribution in [3.8, 4) is 0 Å². The fourth-order valence-corrected chi connectivity index (χ4v) is 2.97. The monoisotopic (exact) mass is 377 g/mol. The Balaban J connectivity index is 2.06. The quantitative estimate of drug-likeness (QED) is 0.772. The maximum absolute atomic E-state index is 12.1. The summed E-state index contributed by atoms with van der Waals surface area (Å²) in [6.45, 7) is 4.46. The van der Waals surface area contributed by atoms with Gasteiger partial charge >= 0.3 is 0 Å². The van der Waals surface area contributed by atoms with Crippen LogP contribution in [0.4, 0.5) is 0 Å². The van der Waals surface area contributed by atoms with Gasteiger partial charge in [0.15, 0.2) is 0 Å². The van der Waals surface area contributed by atoms with Gasteiger partial charge in [0.05, 0.1) is 5.02 Å². The summed E-state index contributed by atoms with van der Waals surface area (Å²) in [7, 11) is 0. The average Bonchev–Trinajstić information content (AvgIpc) is 2.64. The van der Waals surface area contributed by atoms with Gasteiger partial charge in [-0.1, -0.05) is 25.4 Å². The number of nitrogens with one attached hydrogen (secondary N) is 1. The van der Waals surface area contributed by atoms with E-state index in [0.29, 0.717) is 28.5 Å². The zero-order valence-electron chi connectivity index (χ0n) is 10.5. The van der Waals surface area contributed by atoms with Crippen molar-refractivity contribution >= 4 is 40.1 Å². The van der Waals surface area contributed by atoms with E-state index >= 15 is 0 Å². The number of hydrogen-bond acceptors (Lipinski definition) is 1. The second-order valence-electron chi connectivity index (χ2n) is 5.12. The van der Waals surface area contributed by atoms with Crippen molar-refractivity contribution in [3.63, 3.8) is 0 Å². The molecule has 0 heterocycles. The third-order valence-corrected chi connectivity index (χ3v) is 5.54. The van der Waals surface area contributed by atoms with E-state index < -0.39 is 0 Å². The van der Waals surface area contributed by atoms with Crippen LogP contribution < -0.4 is 5.32 Å². The molecule has 0 spiro atoms. The molecule has 0 saturated heterocycles. The Bertz CT molecular complexity index is 463. The molecule has 0 radical (unpaired) electrons.